The zero-order valence-corrected chi connectivity index (χ0v) is 9.78. The van der Waals surface area contributed by atoms with Crippen LogP contribution < -0.4 is 0 Å². The number of hydrogen-bond acceptors (Lipinski definition) is 6. The fourth-order valence-electron chi connectivity index (χ4n) is 0.710. The summed E-state index contributed by atoms with van der Waals surface area (Å²) in [6.45, 7) is 1.44. The Hall–Kier alpha value is -1.37. The van der Waals surface area contributed by atoms with Gasteiger partial charge in [0.2, 0.25) is 6.61 Å². The van der Waals surface area contributed by atoms with E-state index in [1.54, 1.807) is 13.0 Å². The van der Waals surface area contributed by atoms with Crippen LogP contribution in [0.1, 0.15) is 12.7 Å². The molecule has 15 heavy (non-hydrogen) atoms. The smallest absolute Gasteiger partial charge is 0.346 e. The Morgan fingerprint density at radius 2 is 2.47 bits per heavy atom. The molecule has 0 saturated heterocycles. The maximum Gasteiger partial charge on any atom is 0.346 e. The van der Waals surface area contributed by atoms with Gasteiger partial charge in [-0.05, 0) is 22.9 Å². The molecule has 0 amide bonds. The molecule has 0 fully saturated rings. The predicted octanol–water partition coefficient (Wildman–Crippen LogP) is 1.35. The number of carbonyl (C=O) groups excluding carboxylic acids is 1. The normalized spacial score (nSPS) is 11.3. The van der Waals surface area contributed by atoms with E-state index in [-0.39, 0.29) is 6.61 Å². The highest BCUT2D eigenvalue weighted by Crippen LogP contribution is 2.10. The fraction of sp³-hybridized carbons (Fsp3) is 0.375. The lowest BCUT2D eigenvalue weighted by Crippen LogP contribution is -2.08. The maximum atomic E-state index is 10.7. The molecular weight excluding hydrogens is 268 g/mol. The molecule has 0 N–H and O–H groups in total. The average molecular weight is 277 g/mol. The number of oxime groups is 1. The van der Waals surface area contributed by atoms with Gasteiger partial charge in [-0.2, -0.15) is 0 Å². The van der Waals surface area contributed by atoms with Crippen molar-refractivity contribution in [2.45, 2.75) is 6.92 Å². The highest BCUT2D eigenvalue weighted by Gasteiger charge is 2.06. The molecule has 1 heterocycles. The van der Waals surface area contributed by atoms with Gasteiger partial charge in [-0.15, -0.1) is 0 Å². The van der Waals surface area contributed by atoms with Crippen LogP contribution in [0.4, 0.5) is 0 Å². The van der Waals surface area contributed by atoms with Crippen LogP contribution in [0.25, 0.3) is 0 Å². The number of nitrogens with zero attached hydrogens (tertiary/aromatic N) is 2. The molecular formula is C8H9BrN2O4. The van der Waals surface area contributed by atoms with Crippen molar-refractivity contribution < 1.29 is 18.9 Å². The lowest BCUT2D eigenvalue weighted by Gasteiger charge is -1.97. The average Bonchev–Trinajstić information content (AvgIpc) is 2.64. The summed E-state index contributed by atoms with van der Waals surface area (Å²) in [5.41, 5.74) is 0.483. The van der Waals surface area contributed by atoms with Crippen molar-refractivity contribution in [2.75, 3.05) is 13.7 Å². The second-order valence-corrected chi connectivity index (χ2v) is 3.35. The van der Waals surface area contributed by atoms with E-state index in [1.165, 1.54) is 7.11 Å². The van der Waals surface area contributed by atoms with Gasteiger partial charge in [0, 0.05) is 6.07 Å². The van der Waals surface area contributed by atoms with E-state index in [0.717, 1.165) is 0 Å². The molecule has 7 heteroatoms. The first-order valence-corrected chi connectivity index (χ1v) is 4.78. The zero-order valence-electron chi connectivity index (χ0n) is 8.19. The van der Waals surface area contributed by atoms with E-state index in [1.807, 2.05) is 0 Å². The van der Waals surface area contributed by atoms with Gasteiger partial charge >= 0.3 is 5.97 Å². The molecule has 0 aliphatic rings. The first kappa shape index (κ1) is 11.7. The summed E-state index contributed by atoms with van der Waals surface area (Å²) in [6, 6.07) is 1.64. The summed E-state index contributed by atoms with van der Waals surface area (Å²) in [4.78, 5) is 15.4. The summed E-state index contributed by atoms with van der Waals surface area (Å²) in [6.07, 6.45) is 0. The van der Waals surface area contributed by atoms with Crippen LogP contribution in [0.2, 0.25) is 0 Å². The number of ether oxygens (including phenoxy) is 1. The Labute approximate surface area is 94.3 Å². The summed E-state index contributed by atoms with van der Waals surface area (Å²) in [5, 5.41) is 7.27. The molecule has 0 unspecified atom stereocenters. The minimum atomic E-state index is -0.495. The summed E-state index contributed by atoms with van der Waals surface area (Å²) in [7, 11) is 1.27. The maximum absolute atomic E-state index is 10.7. The Bertz CT molecular complexity index is 374. The third kappa shape index (κ3) is 3.70. The lowest BCUT2D eigenvalue weighted by atomic mass is 10.3. The van der Waals surface area contributed by atoms with Gasteiger partial charge in [0.15, 0.2) is 5.76 Å². The molecule has 0 aliphatic carbocycles. The Morgan fingerprint density at radius 3 is 3.00 bits per heavy atom. The van der Waals surface area contributed by atoms with E-state index >= 15 is 0 Å². The Balaban J connectivity index is 2.50. The van der Waals surface area contributed by atoms with Gasteiger partial charge in [0.25, 0.3) is 0 Å². The molecule has 82 valence electrons. The largest absolute Gasteiger partial charge is 0.466 e. The van der Waals surface area contributed by atoms with Gasteiger partial charge in [0.1, 0.15) is 10.3 Å². The number of halogens is 1. The molecule has 6 nitrogen and oxygen atoms in total. The lowest BCUT2D eigenvalue weighted by molar-refractivity contribution is -0.145. The van der Waals surface area contributed by atoms with Crippen molar-refractivity contribution in [3.05, 3.63) is 16.4 Å². The van der Waals surface area contributed by atoms with Crippen LogP contribution in [0.15, 0.2) is 20.3 Å². The van der Waals surface area contributed by atoms with E-state index in [9.17, 15) is 4.79 Å². The van der Waals surface area contributed by atoms with Crippen molar-refractivity contribution in [3.8, 4) is 0 Å². The highest BCUT2D eigenvalue weighted by molar-refractivity contribution is 9.10. The van der Waals surface area contributed by atoms with Gasteiger partial charge in [-0.1, -0.05) is 10.3 Å². The standard InChI is InChI=1S/C8H9BrN2O4/c1-5(6-3-7(9)11-15-6)10-14-4-8(12)13-2/h3H,4H2,1-2H3/b10-5-. The number of aromatic nitrogens is 1. The molecule has 0 atom stereocenters. The number of esters is 1. The zero-order chi connectivity index (χ0) is 11.3. The third-order valence-corrected chi connectivity index (χ3v) is 1.82. The second kappa shape index (κ2) is 5.50. The first-order chi connectivity index (χ1) is 7.13. The molecule has 0 spiro atoms. The SMILES string of the molecule is COC(=O)CO/N=C(/C)c1cc(Br)no1. The topological polar surface area (TPSA) is 73.9 Å². The molecule has 0 aliphatic heterocycles. The van der Waals surface area contributed by atoms with Crippen LogP contribution >= 0.6 is 15.9 Å². The third-order valence-electron chi connectivity index (χ3n) is 1.45. The van der Waals surface area contributed by atoms with Crippen molar-refractivity contribution in [1.82, 2.24) is 5.16 Å². The van der Waals surface area contributed by atoms with Gasteiger partial charge in [-0.25, -0.2) is 4.79 Å². The molecule has 1 aromatic rings. The predicted molar refractivity (Wildman–Crippen MR) is 54.4 cm³/mol. The molecule has 0 bridgehead atoms. The van der Waals surface area contributed by atoms with Gasteiger partial charge < -0.3 is 14.1 Å². The van der Waals surface area contributed by atoms with Crippen molar-refractivity contribution in [3.63, 3.8) is 0 Å². The monoisotopic (exact) mass is 276 g/mol. The molecule has 1 rings (SSSR count). The second-order valence-electron chi connectivity index (χ2n) is 2.54. The summed E-state index contributed by atoms with van der Waals surface area (Å²) in [5.74, 6) is -0.0305. The van der Waals surface area contributed by atoms with Crippen molar-refractivity contribution >= 4 is 27.6 Å². The van der Waals surface area contributed by atoms with Crippen LogP contribution in [0.5, 0.6) is 0 Å². The molecule has 0 aromatic carbocycles. The summed E-state index contributed by atoms with van der Waals surface area (Å²) >= 11 is 3.13. The summed E-state index contributed by atoms with van der Waals surface area (Å²) < 4.78 is 9.82. The quantitative estimate of drug-likeness (QED) is 0.472. The van der Waals surface area contributed by atoms with Crippen LogP contribution in [-0.4, -0.2) is 30.6 Å². The van der Waals surface area contributed by atoms with Crippen LogP contribution in [0, 0.1) is 0 Å². The number of carbonyl (C=O) groups is 1. The molecule has 0 saturated carbocycles. The van der Waals surface area contributed by atoms with Crippen molar-refractivity contribution in [1.29, 1.82) is 0 Å². The number of methoxy groups -OCH3 is 1. The van der Waals surface area contributed by atoms with E-state index in [0.29, 0.717) is 16.1 Å². The Kier molecular flexibility index (Phi) is 4.29. The van der Waals surface area contributed by atoms with E-state index < -0.39 is 5.97 Å². The van der Waals surface area contributed by atoms with Crippen LogP contribution in [-0.2, 0) is 14.4 Å². The van der Waals surface area contributed by atoms with E-state index in [2.05, 4.69) is 31.0 Å². The fourth-order valence-corrected chi connectivity index (χ4v) is 0.990. The first-order valence-electron chi connectivity index (χ1n) is 3.99. The molecule has 1 aromatic heterocycles. The minimum Gasteiger partial charge on any atom is -0.466 e. The van der Waals surface area contributed by atoms with Gasteiger partial charge in [0.05, 0.1) is 7.11 Å². The van der Waals surface area contributed by atoms with Crippen molar-refractivity contribution in [2.24, 2.45) is 5.16 Å². The molecule has 0 radical (unpaired) electrons. The van der Waals surface area contributed by atoms with E-state index in [4.69, 9.17) is 9.36 Å². The van der Waals surface area contributed by atoms with Crippen LogP contribution in [0.3, 0.4) is 0 Å². The minimum absolute atomic E-state index is 0.233. The number of rotatable bonds is 4. The Morgan fingerprint density at radius 1 is 1.73 bits per heavy atom. The van der Waals surface area contributed by atoms with Gasteiger partial charge in [-0.3, -0.25) is 0 Å². The number of hydrogen-bond donors (Lipinski definition) is 0. The highest BCUT2D eigenvalue weighted by atomic mass is 79.9.